The number of rotatable bonds is 14. The SMILES string of the molecule is COC(=O)/C=[N+](/[O-])Cc1cccc([N+](=O)[O-])c1.C[C@@H]1OC(=O)[C@@H]2[C@H]1[C@H](CO[Si](C)(C)C(C)(C)C)ON2Cc1cccc([N+](=O)[O-])c1.C[C@H](O)/C=C\CO[Si](C)(C)C(C)(C)C. The minimum Gasteiger partial charge on any atom is -0.623 e. The lowest BCUT2D eigenvalue weighted by atomic mass is 9.93. The molecule has 60 heavy (non-hydrogen) atoms. The van der Waals surface area contributed by atoms with E-state index in [4.69, 9.17) is 23.5 Å². The van der Waals surface area contributed by atoms with Crippen LogP contribution in [-0.4, -0.2) is 104 Å². The molecule has 0 aromatic heterocycles. The summed E-state index contributed by atoms with van der Waals surface area (Å²) in [6, 6.07) is 11.5. The molecule has 2 aliphatic heterocycles. The summed E-state index contributed by atoms with van der Waals surface area (Å²) in [5.74, 6) is -1.22. The molecule has 2 fully saturated rings. The zero-order valence-corrected chi connectivity index (χ0v) is 39.2. The molecule has 334 valence electrons. The van der Waals surface area contributed by atoms with Crippen molar-refractivity contribution in [2.24, 2.45) is 5.92 Å². The van der Waals surface area contributed by atoms with Crippen molar-refractivity contribution in [3.05, 3.63) is 97.2 Å². The van der Waals surface area contributed by atoms with Gasteiger partial charge < -0.3 is 28.6 Å². The van der Waals surface area contributed by atoms with E-state index in [9.17, 15) is 35.0 Å². The summed E-state index contributed by atoms with van der Waals surface area (Å²) < 4.78 is 22.3. The van der Waals surface area contributed by atoms with Crippen molar-refractivity contribution in [2.45, 2.75) is 129 Å². The van der Waals surface area contributed by atoms with E-state index in [1.54, 1.807) is 36.3 Å². The van der Waals surface area contributed by atoms with Gasteiger partial charge in [0.25, 0.3) is 17.6 Å². The van der Waals surface area contributed by atoms with E-state index in [2.05, 4.69) is 72.5 Å². The van der Waals surface area contributed by atoms with Gasteiger partial charge in [-0.1, -0.05) is 78.0 Å². The molecule has 0 aliphatic carbocycles. The molecule has 2 aliphatic rings. The number of carbonyl (C=O) groups excluding carboxylic acids is 2. The van der Waals surface area contributed by atoms with Gasteiger partial charge >= 0.3 is 11.9 Å². The van der Waals surface area contributed by atoms with Crippen LogP contribution in [0.3, 0.4) is 0 Å². The maximum atomic E-state index is 12.5. The molecule has 2 saturated heterocycles. The number of cyclic esters (lactones) is 1. The number of aliphatic hydroxyl groups excluding tert-OH is 1. The second-order valence-electron chi connectivity index (χ2n) is 17.8. The Morgan fingerprint density at radius 2 is 1.43 bits per heavy atom. The van der Waals surface area contributed by atoms with Gasteiger partial charge in [-0.2, -0.15) is 5.06 Å². The quantitative estimate of drug-likeness (QED) is 0.0285. The number of nitro benzene ring substituents is 2. The first-order valence-electron chi connectivity index (χ1n) is 19.7. The maximum absolute atomic E-state index is 12.5. The lowest BCUT2D eigenvalue weighted by Gasteiger charge is -2.37. The molecule has 0 unspecified atom stereocenters. The van der Waals surface area contributed by atoms with Crippen LogP contribution in [0.2, 0.25) is 36.3 Å². The van der Waals surface area contributed by atoms with E-state index < -0.39 is 38.5 Å². The van der Waals surface area contributed by atoms with E-state index in [1.807, 2.05) is 13.0 Å². The summed E-state index contributed by atoms with van der Waals surface area (Å²) in [6.45, 7) is 26.7. The lowest BCUT2D eigenvalue weighted by molar-refractivity contribution is -0.469. The van der Waals surface area contributed by atoms with Gasteiger partial charge in [-0.3, -0.25) is 29.9 Å². The number of benzene rings is 2. The summed E-state index contributed by atoms with van der Waals surface area (Å²) in [6.07, 6.45) is 3.44. The van der Waals surface area contributed by atoms with Gasteiger partial charge in [-0.05, 0) is 55.7 Å². The van der Waals surface area contributed by atoms with Crippen LogP contribution in [0, 0.1) is 31.4 Å². The second kappa shape index (κ2) is 21.9. The molecule has 0 amide bonds. The third-order valence-electron chi connectivity index (χ3n) is 11.0. The van der Waals surface area contributed by atoms with E-state index in [0.717, 1.165) is 13.3 Å². The largest absolute Gasteiger partial charge is 0.623 e. The Kier molecular flexibility index (Phi) is 18.9. The highest BCUT2D eigenvalue weighted by Crippen LogP contribution is 2.41. The average molecular weight is 877 g/mol. The van der Waals surface area contributed by atoms with Gasteiger partial charge in [-0.25, -0.2) is 9.53 Å². The fraction of sp³-hybridized carbons (Fsp3) is 0.585. The van der Waals surface area contributed by atoms with E-state index >= 15 is 0 Å². The first-order chi connectivity index (χ1) is 27.6. The second-order valence-corrected chi connectivity index (χ2v) is 27.4. The van der Waals surface area contributed by atoms with Crippen LogP contribution >= 0.6 is 0 Å². The van der Waals surface area contributed by atoms with Crippen molar-refractivity contribution < 1.29 is 52.4 Å². The monoisotopic (exact) mass is 876 g/mol. The fourth-order valence-corrected chi connectivity index (χ4v) is 7.45. The molecule has 2 heterocycles. The van der Waals surface area contributed by atoms with Crippen molar-refractivity contribution in [2.75, 3.05) is 20.3 Å². The molecular weight excluding hydrogens is 813 g/mol. The number of methoxy groups -OCH3 is 1. The molecular formula is C41H64N4O13Si2. The highest BCUT2D eigenvalue weighted by atomic mass is 28.4. The predicted molar refractivity (Wildman–Crippen MR) is 232 cm³/mol. The molecule has 0 bridgehead atoms. The van der Waals surface area contributed by atoms with Gasteiger partial charge in [0.1, 0.15) is 18.2 Å². The third-order valence-corrected chi connectivity index (χ3v) is 20.0. The summed E-state index contributed by atoms with van der Waals surface area (Å²) in [5, 5.41) is 43.7. The molecule has 1 N–H and O–H groups in total. The Bertz CT molecular complexity index is 1840. The molecule has 0 spiro atoms. The number of esters is 2. The van der Waals surface area contributed by atoms with E-state index in [0.29, 0.717) is 29.1 Å². The summed E-state index contributed by atoms with van der Waals surface area (Å²) in [4.78, 5) is 49.9. The Morgan fingerprint density at radius 3 is 1.93 bits per heavy atom. The highest BCUT2D eigenvalue weighted by Gasteiger charge is 2.56. The lowest BCUT2D eigenvalue weighted by Crippen LogP contribution is -2.44. The van der Waals surface area contributed by atoms with Gasteiger partial charge in [0.2, 0.25) is 0 Å². The molecule has 2 aromatic rings. The topological polar surface area (TPSA) is 216 Å². The van der Waals surface area contributed by atoms with Crippen molar-refractivity contribution in [1.29, 1.82) is 0 Å². The van der Waals surface area contributed by atoms with Crippen LogP contribution in [0.4, 0.5) is 11.4 Å². The Labute approximate surface area is 355 Å². The number of fused-ring (bicyclic) bond motifs is 1. The van der Waals surface area contributed by atoms with Crippen LogP contribution in [0.5, 0.6) is 0 Å². The Morgan fingerprint density at radius 1 is 0.917 bits per heavy atom. The summed E-state index contributed by atoms with van der Waals surface area (Å²) >= 11 is 0. The number of nitro groups is 2. The van der Waals surface area contributed by atoms with Crippen LogP contribution in [0.15, 0.2) is 60.7 Å². The van der Waals surface area contributed by atoms with Crippen LogP contribution in [-0.2, 0) is 45.8 Å². The van der Waals surface area contributed by atoms with Crippen LogP contribution < -0.4 is 0 Å². The number of hydroxylamine groups is 3. The number of aliphatic hydroxyl groups is 1. The fourth-order valence-electron chi connectivity index (χ4n) is 5.49. The highest BCUT2D eigenvalue weighted by molar-refractivity contribution is 6.74. The van der Waals surface area contributed by atoms with Gasteiger partial charge in [0.15, 0.2) is 23.2 Å². The predicted octanol–water partition coefficient (Wildman–Crippen LogP) is 7.46. The van der Waals surface area contributed by atoms with Gasteiger partial charge in [-0.15, -0.1) is 0 Å². The number of carbonyl (C=O) groups is 2. The first kappa shape index (κ1) is 51.8. The molecule has 19 heteroatoms. The van der Waals surface area contributed by atoms with E-state index in [1.165, 1.54) is 30.3 Å². The standard InChI is InChI=1S/C20H30N2O6Si.C11H24O2Si.C10H10N2O5/c1-13-17-16(12-26-29(5,6)20(2,3)4)28-21(18(17)19(23)27-13)11-14-8-7-9-15(10-14)22(24)25;1-10(12)8-7-9-13-14(5,6)11(2,3)4;1-17-10(13)7-11(14)6-8-3-2-4-9(5-8)12(15)16/h7-10,13,16-18H,11-12H2,1-6H3;7-8,10,12H,9H2,1-6H3;2-5,7H,6H2,1H3/b;8-7-;11-7+/t13-,16-,17+,18-;10-;/m00./s1. The molecule has 0 radical (unpaired) electrons. The normalized spacial score (nSPS) is 20.3. The molecule has 4 rings (SSSR count). The number of hydrogen-bond donors (Lipinski definition) is 1. The molecule has 17 nitrogen and oxygen atoms in total. The van der Waals surface area contributed by atoms with Crippen molar-refractivity contribution in [1.82, 2.24) is 5.06 Å². The minimum atomic E-state index is -1.97. The van der Waals surface area contributed by atoms with Crippen molar-refractivity contribution >= 4 is 46.2 Å². The molecule has 0 saturated carbocycles. The summed E-state index contributed by atoms with van der Waals surface area (Å²) in [5.41, 5.74) is 1.05. The van der Waals surface area contributed by atoms with Gasteiger partial charge in [0, 0.05) is 29.8 Å². The van der Waals surface area contributed by atoms with Gasteiger partial charge in [0.05, 0.1) is 48.7 Å². The van der Waals surface area contributed by atoms with Crippen molar-refractivity contribution in [3.8, 4) is 0 Å². The third kappa shape index (κ3) is 15.6. The number of nitrogens with zero attached hydrogens (tertiary/aromatic N) is 4. The van der Waals surface area contributed by atoms with E-state index in [-0.39, 0.29) is 64.7 Å². The number of non-ortho nitro benzene ring substituents is 2. The number of ether oxygens (including phenoxy) is 2. The van der Waals surface area contributed by atoms with Crippen LogP contribution in [0.25, 0.3) is 0 Å². The Hall–Kier alpha value is -4.38. The number of hydrogen-bond acceptors (Lipinski definition) is 14. The maximum Gasteiger partial charge on any atom is 0.396 e. The molecule has 2 aromatic carbocycles. The van der Waals surface area contributed by atoms with Crippen molar-refractivity contribution in [3.63, 3.8) is 0 Å². The first-order valence-corrected chi connectivity index (χ1v) is 25.5. The zero-order valence-electron chi connectivity index (χ0n) is 37.2. The van der Waals surface area contributed by atoms with Crippen LogP contribution in [0.1, 0.15) is 66.5 Å². The minimum absolute atomic E-state index is 0.0124. The summed E-state index contributed by atoms with van der Waals surface area (Å²) in [7, 11) is -2.43. The Balaban J connectivity index is 0.000000341. The smallest absolute Gasteiger partial charge is 0.396 e. The zero-order chi connectivity index (χ0) is 45.8. The average Bonchev–Trinajstić information content (AvgIpc) is 3.65. The molecule has 5 atom stereocenters.